The predicted molar refractivity (Wildman–Crippen MR) is 208 cm³/mol. The summed E-state index contributed by atoms with van der Waals surface area (Å²) in [6.07, 6.45) is 6.18. The Balaban J connectivity index is 1.78. The lowest BCUT2D eigenvalue weighted by Gasteiger charge is -2.47. The molecule has 0 aromatic carbocycles. The van der Waals surface area contributed by atoms with Gasteiger partial charge in [0, 0.05) is 45.6 Å². The molecule has 4 aliphatic rings. The standard InChI is InChI=1S/C43H67NO12/c1-10-30-20-25(3)37(47)26(4)21-35(53-8)39-36(54-9)22-28(6)43(51,56-39)40(48)41(49)44-18-12-11-13-31(44)42(50)55-38(24(2)14-16-32(30)45)27(5)19-29-15-17-33(46)34(23-29)52-7/h14,16,19-20,24,26,28-31,33-39,46-47,51H,10-13,15,17-18,21-23H2,1-9H3/b16-14-,25-20?,27-19?. The number of piperidine rings is 1. The minimum atomic E-state index is -2.54. The number of hydrogen-bond donors (Lipinski definition) is 3. The number of methoxy groups -OCH3 is 3. The average molecular weight is 790 g/mol. The van der Waals surface area contributed by atoms with Gasteiger partial charge in [0.2, 0.25) is 5.79 Å². The van der Waals surface area contributed by atoms with Crippen molar-refractivity contribution in [3.05, 3.63) is 35.5 Å². The fourth-order valence-electron chi connectivity index (χ4n) is 9.00. The summed E-state index contributed by atoms with van der Waals surface area (Å²) >= 11 is 0. The molecule has 3 heterocycles. The molecule has 0 aromatic rings. The number of aliphatic hydroxyl groups is 3. The van der Waals surface area contributed by atoms with Gasteiger partial charge < -0.3 is 43.9 Å². The van der Waals surface area contributed by atoms with E-state index < -0.39 is 89.8 Å². The maximum Gasteiger partial charge on any atom is 0.329 e. The summed E-state index contributed by atoms with van der Waals surface area (Å²) in [4.78, 5) is 57.5. The second kappa shape index (κ2) is 20.3. The number of esters is 1. The second-order valence-corrected chi connectivity index (χ2v) is 16.7. The van der Waals surface area contributed by atoms with E-state index in [-0.39, 0.29) is 43.6 Å². The molecule has 3 fully saturated rings. The number of fused-ring (bicyclic) bond motifs is 3. The van der Waals surface area contributed by atoms with Crippen LogP contribution in [0.15, 0.2) is 35.5 Å². The summed E-state index contributed by atoms with van der Waals surface area (Å²) in [5, 5.41) is 33.9. The molecule has 0 aromatic heterocycles. The van der Waals surface area contributed by atoms with Gasteiger partial charge in [-0.2, -0.15) is 0 Å². The van der Waals surface area contributed by atoms with E-state index in [9.17, 15) is 34.5 Å². The number of Topliss-reactive ketones (excluding diaryl/α,β-unsaturated/α-hetero) is 1. The minimum absolute atomic E-state index is 0.0410. The van der Waals surface area contributed by atoms with Crippen molar-refractivity contribution >= 4 is 23.4 Å². The van der Waals surface area contributed by atoms with Crippen LogP contribution in [0.4, 0.5) is 0 Å². The van der Waals surface area contributed by atoms with Crippen LogP contribution in [0.2, 0.25) is 0 Å². The van der Waals surface area contributed by atoms with Crippen LogP contribution < -0.4 is 0 Å². The van der Waals surface area contributed by atoms with E-state index in [1.807, 2.05) is 33.8 Å². The topological polar surface area (TPSA) is 178 Å². The number of amides is 1. The van der Waals surface area contributed by atoms with Gasteiger partial charge in [-0.15, -0.1) is 0 Å². The SMILES string of the molecule is CCC1C=C(C)C(O)C(C)CC(OC)C2OC(O)(C(=O)C(=O)N3CCCCC3C(=O)OC(C(C)=CC3CCC(O)C(OC)C3)C(C)/C=C\C1=O)C(C)CC2OC. The smallest absolute Gasteiger partial charge is 0.329 e. The molecule has 56 heavy (non-hydrogen) atoms. The second-order valence-electron chi connectivity index (χ2n) is 16.7. The highest BCUT2D eigenvalue weighted by Crippen LogP contribution is 2.39. The molecule has 14 unspecified atom stereocenters. The van der Waals surface area contributed by atoms with Crippen molar-refractivity contribution in [2.24, 2.45) is 29.6 Å². The first kappa shape index (κ1) is 45.9. The Morgan fingerprint density at radius 1 is 0.946 bits per heavy atom. The highest BCUT2D eigenvalue weighted by Gasteiger charge is 2.56. The molecule has 2 saturated heterocycles. The van der Waals surface area contributed by atoms with E-state index in [1.165, 1.54) is 25.2 Å². The van der Waals surface area contributed by atoms with Crippen LogP contribution in [-0.2, 0) is 42.9 Å². The van der Waals surface area contributed by atoms with Crippen molar-refractivity contribution in [3.63, 3.8) is 0 Å². The largest absolute Gasteiger partial charge is 0.456 e. The zero-order valence-electron chi connectivity index (χ0n) is 34.8. The quantitative estimate of drug-likeness (QED) is 0.198. The Hall–Kier alpha value is -2.78. The van der Waals surface area contributed by atoms with Crippen LogP contribution in [0.25, 0.3) is 0 Å². The average Bonchev–Trinajstić information content (AvgIpc) is 3.19. The van der Waals surface area contributed by atoms with E-state index in [2.05, 4.69) is 0 Å². The number of ether oxygens (including phenoxy) is 5. The fourth-order valence-corrected chi connectivity index (χ4v) is 9.00. The van der Waals surface area contributed by atoms with Gasteiger partial charge in [-0.3, -0.25) is 14.4 Å². The Morgan fingerprint density at radius 3 is 2.25 bits per heavy atom. The molecule has 14 atom stereocenters. The Morgan fingerprint density at radius 2 is 1.61 bits per heavy atom. The number of carbonyl (C=O) groups is 4. The van der Waals surface area contributed by atoms with Gasteiger partial charge in [0.25, 0.3) is 11.7 Å². The van der Waals surface area contributed by atoms with Crippen molar-refractivity contribution < 1.29 is 58.2 Å². The number of carbonyl (C=O) groups excluding carboxylic acids is 4. The maximum atomic E-state index is 14.2. The van der Waals surface area contributed by atoms with Crippen molar-refractivity contribution in [1.82, 2.24) is 4.90 Å². The van der Waals surface area contributed by atoms with Crippen molar-refractivity contribution in [1.29, 1.82) is 0 Å². The molecule has 1 aliphatic carbocycles. The summed E-state index contributed by atoms with van der Waals surface area (Å²) in [6, 6.07) is -1.10. The van der Waals surface area contributed by atoms with E-state index in [1.54, 1.807) is 33.1 Å². The zero-order valence-corrected chi connectivity index (χ0v) is 34.8. The van der Waals surface area contributed by atoms with Gasteiger partial charge in [-0.1, -0.05) is 45.9 Å². The molecular weight excluding hydrogens is 722 g/mol. The van der Waals surface area contributed by atoms with Crippen LogP contribution >= 0.6 is 0 Å². The van der Waals surface area contributed by atoms with Gasteiger partial charge >= 0.3 is 5.97 Å². The van der Waals surface area contributed by atoms with Gasteiger partial charge in [0.05, 0.1) is 30.5 Å². The van der Waals surface area contributed by atoms with E-state index in [0.717, 1.165) is 5.57 Å². The van der Waals surface area contributed by atoms with Gasteiger partial charge in [0.1, 0.15) is 18.2 Å². The molecular formula is C43H67NO12. The summed E-state index contributed by atoms with van der Waals surface area (Å²) in [7, 11) is 4.54. The third-order valence-electron chi connectivity index (χ3n) is 12.7. The zero-order chi connectivity index (χ0) is 41.5. The lowest BCUT2D eigenvalue weighted by Crippen LogP contribution is -2.64. The van der Waals surface area contributed by atoms with Crippen molar-refractivity contribution in [2.45, 2.75) is 154 Å². The number of cyclic esters (lactones) is 1. The normalized spacial score (nSPS) is 40.9. The van der Waals surface area contributed by atoms with Gasteiger partial charge in [-0.25, -0.2) is 4.79 Å². The van der Waals surface area contributed by atoms with Crippen molar-refractivity contribution in [2.75, 3.05) is 27.9 Å². The minimum Gasteiger partial charge on any atom is -0.456 e. The molecule has 13 heteroatoms. The summed E-state index contributed by atoms with van der Waals surface area (Å²) < 4.78 is 29.6. The molecule has 3 N–H and O–H groups in total. The Kier molecular flexibility index (Phi) is 16.6. The fraction of sp³-hybridized carbons (Fsp3) is 0.767. The van der Waals surface area contributed by atoms with E-state index in [4.69, 9.17) is 23.7 Å². The molecule has 2 bridgehead atoms. The molecule has 1 saturated carbocycles. The van der Waals surface area contributed by atoms with Gasteiger partial charge in [0.15, 0.2) is 5.78 Å². The third kappa shape index (κ3) is 10.4. The Labute approximate surface area is 332 Å². The lowest BCUT2D eigenvalue weighted by molar-refractivity contribution is -0.302. The first-order chi connectivity index (χ1) is 26.5. The Bertz CT molecular complexity index is 1480. The molecule has 1 amide bonds. The number of aliphatic hydroxyl groups excluding tert-OH is 2. The molecule has 4 rings (SSSR count). The van der Waals surface area contributed by atoms with Gasteiger partial charge in [-0.05, 0) is 101 Å². The van der Waals surface area contributed by atoms with Crippen LogP contribution in [-0.4, -0.2) is 126 Å². The number of allylic oxidation sites excluding steroid dienone is 3. The third-order valence-corrected chi connectivity index (χ3v) is 12.7. The summed E-state index contributed by atoms with van der Waals surface area (Å²) in [5.74, 6) is -7.83. The van der Waals surface area contributed by atoms with Crippen LogP contribution in [0.3, 0.4) is 0 Å². The first-order valence-corrected chi connectivity index (χ1v) is 20.5. The van der Waals surface area contributed by atoms with Crippen LogP contribution in [0.1, 0.15) is 99.3 Å². The predicted octanol–water partition coefficient (Wildman–Crippen LogP) is 4.25. The van der Waals surface area contributed by atoms with E-state index >= 15 is 0 Å². The molecule has 0 spiro atoms. The number of nitrogens with zero attached hydrogens (tertiary/aromatic N) is 1. The lowest BCUT2D eigenvalue weighted by atomic mass is 9.81. The highest BCUT2D eigenvalue weighted by molar-refractivity contribution is 6.39. The number of rotatable bonds is 6. The molecule has 3 aliphatic heterocycles. The van der Waals surface area contributed by atoms with Crippen LogP contribution in [0, 0.1) is 29.6 Å². The number of ketones is 2. The summed E-state index contributed by atoms with van der Waals surface area (Å²) in [6.45, 7) is 11.0. The molecule has 0 radical (unpaired) electrons. The highest BCUT2D eigenvalue weighted by atomic mass is 16.7. The molecule has 316 valence electrons. The summed E-state index contributed by atoms with van der Waals surface area (Å²) in [5.41, 5.74) is 1.35. The van der Waals surface area contributed by atoms with Crippen molar-refractivity contribution in [3.8, 4) is 0 Å². The maximum absolute atomic E-state index is 14.2. The molecule has 13 nitrogen and oxygen atoms in total. The first-order valence-electron chi connectivity index (χ1n) is 20.5. The monoisotopic (exact) mass is 789 g/mol. The van der Waals surface area contributed by atoms with Crippen LogP contribution in [0.5, 0.6) is 0 Å². The number of hydrogen-bond acceptors (Lipinski definition) is 12. The van der Waals surface area contributed by atoms with E-state index in [0.29, 0.717) is 44.1 Å².